The third-order valence-corrected chi connectivity index (χ3v) is 3.46. The molecule has 6 heteroatoms. The third kappa shape index (κ3) is 6.74. The highest BCUT2D eigenvalue weighted by Gasteiger charge is 2.01. The summed E-state index contributed by atoms with van der Waals surface area (Å²) in [5.41, 5.74) is 1.15. The van der Waals surface area contributed by atoms with Crippen molar-refractivity contribution in [1.29, 1.82) is 0 Å². The average molecular weight is 335 g/mol. The van der Waals surface area contributed by atoms with E-state index < -0.39 is 0 Å². The minimum absolute atomic E-state index is 0.520. The van der Waals surface area contributed by atoms with Gasteiger partial charge in [0.05, 0.1) is 6.26 Å². The van der Waals surface area contributed by atoms with Crippen molar-refractivity contribution in [3.63, 3.8) is 0 Å². The van der Waals surface area contributed by atoms with Crippen LogP contribution in [0.5, 0.6) is 0 Å². The van der Waals surface area contributed by atoms with Gasteiger partial charge < -0.3 is 15.1 Å². The van der Waals surface area contributed by atoms with Gasteiger partial charge in [-0.05, 0) is 36.6 Å². The Morgan fingerprint density at radius 2 is 2.04 bits per heavy atom. The highest BCUT2D eigenvalue weighted by Crippen LogP contribution is 2.05. The topological polar surface area (TPSA) is 62.5 Å². The van der Waals surface area contributed by atoms with Crippen LogP contribution in [0.25, 0.3) is 0 Å². The van der Waals surface area contributed by atoms with Crippen LogP contribution < -0.4 is 10.6 Å². The monoisotopic (exact) mass is 334 g/mol. The number of rotatable bonds is 8. The Hall–Kier alpha value is -2.01. The second kappa shape index (κ2) is 9.90. The molecule has 0 aromatic carbocycles. The maximum atomic E-state index is 5.79. The van der Waals surface area contributed by atoms with Crippen LogP contribution in [-0.4, -0.2) is 30.6 Å². The molecule has 0 atom stereocenters. The molecule has 2 aromatic heterocycles. The lowest BCUT2D eigenvalue weighted by Gasteiger charge is -2.12. The van der Waals surface area contributed by atoms with E-state index in [4.69, 9.17) is 16.0 Å². The van der Waals surface area contributed by atoms with Gasteiger partial charge in [-0.3, -0.25) is 4.99 Å². The molecule has 0 aliphatic rings. The SMILES string of the molecule is CCCN=C(NCCc1ccc(Cl)nc1)NCCc1ccco1. The Kier molecular flexibility index (Phi) is 7.46. The fourth-order valence-electron chi connectivity index (χ4n) is 2.04. The molecule has 5 nitrogen and oxygen atoms in total. The number of pyridine rings is 1. The predicted octanol–water partition coefficient (Wildman–Crippen LogP) is 3.06. The van der Waals surface area contributed by atoms with Crippen LogP contribution in [0.4, 0.5) is 0 Å². The molecule has 2 aromatic rings. The van der Waals surface area contributed by atoms with E-state index in [2.05, 4.69) is 27.5 Å². The number of nitrogens with zero attached hydrogens (tertiary/aromatic N) is 2. The molecule has 0 aliphatic heterocycles. The smallest absolute Gasteiger partial charge is 0.191 e. The molecule has 2 heterocycles. The largest absolute Gasteiger partial charge is 0.469 e. The first-order valence-electron chi connectivity index (χ1n) is 7.93. The lowest BCUT2D eigenvalue weighted by Crippen LogP contribution is -2.39. The first-order chi connectivity index (χ1) is 11.3. The minimum Gasteiger partial charge on any atom is -0.469 e. The molecule has 0 saturated carbocycles. The number of hydrogen-bond donors (Lipinski definition) is 2. The molecular formula is C17H23ClN4O. The van der Waals surface area contributed by atoms with Crippen molar-refractivity contribution in [3.05, 3.63) is 53.2 Å². The zero-order chi connectivity index (χ0) is 16.3. The molecule has 0 saturated heterocycles. The summed E-state index contributed by atoms with van der Waals surface area (Å²) in [5.74, 6) is 1.81. The van der Waals surface area contributed by atoms with Crippen LogP contribution in [0.3, 0.4) is 0 Å². The van der Waals surface area contributed by atoms with Crippen LogP contribution in [0.15, 0.2) is 46.1 Å². The number of nitrogens with one attached hydrogen (secondary N) is 2. The summed E-state index contributed by atoms with van der Waals surface area (Å²) in [6.07, 6.45) is 6.22. The second-order valence-electron chi connectivity index (χ2n) is 5.15. The average Bonchev–Trinajstić information content (AvgIpc) is 3.07. The maximum Gasteiger partial charge on any atom is 0.191 e. The Bertz CT molecular complexity index is 581. The molecule has 0 unspecified atom stereocenters. The fourth-order valence-corrected chi connectivity index (χ4v) is 2.15. The lowest BCUT2D eigenvalue weighted by atomic mass is 10.2. The maximum absolute atomic E-state index is 5.79. The third-order valence-electron chi connectivity index (χ3n) is 3.23. The summed E-state index contributed by atoms with van der Waals surface area (Å²) in [7, 11) is 0. The molecule has 0 fully saturated rings. The molecule has 0 amide bonds. The van der Waals surface area contributed by atoms with Crippen molar-refractivity contribution >= 4 is 17.6 Å². The number of guanidine groups is 1. The standard InChI is InChI=1S/C17H23ClN4O/c1-2-9-19-17(21-11-8-15-4-3-12-23-15)20-10-7-14-5-6-16(18)22-13-14/h3-6,12-13H,2,7-11H2,1H3,(H2,19,20,21). The van der Waals surface area contributed by atoms with E-state index in [9.17, 15) is 0 Å². The van der Waals surface area contributed by atoms with Crippen molar-refractivity contribution in [2.75, 3.05) is 19.6 Å². The molecule has 0 radical (unpaired) electrons. The zero-order valence-corrected chi connectivity index (χ0v) is 14.1. The summed E-state index contributed by atoms with van der Waals surface area (Å²) in [5, 5.41) is 7.20. The lowest BCUT2D eigenvalue weighted by molar-refractivity contribution is 0.506. The Morgan fingerprint density at radius 1 is 1.22 bits per heavy atom. The van der Waals surface area contributed by atoms with E-state index in [0.717, 1.165) is 56.2 Å². The van der Waals surface area contributed by atoms with Crippen molar-refractivity contribution in [3.8, 4) is 0 Å². The molecule has 0 aliphatic carbocycles. The van der Waals surface area contributed by atoms with Crippen molar-refractivity contribution in [2.45, 2.75) is 26.2 Å². The zero-order valence-electron chi connectivity index (χ0n) is 13.4. The molecule has 2 N–H and O–H groups in total. The van der Waals surface area contributed by atoms with Gasteiger partial charge in [0.15, 0.2) is 5.96 Å². The van der Waals surface area contributed by atoms with Crippen LogP contribution in [0.1, 0.15) is 24.7 Å². The second-order valence-corrected chi connectivity index (χ2v) is 5.54. The van der Waals surface area contributed by atoms with Gasteiger partial charge in [-0.25, -0.2) is 4.98 Å². The van der Waals surface area contributed by atoms with Gasteiger partial charge in [0.25, 0.3) is 0 Å². The highest BCUT2D eigenvalue weighted by molar-refractivity contribution is 6.29. The van der Waals surface area contributed by atoms with E-state index in [1.165, 1.54) is 0 Å². The first kappa shape index (κ1) is 17.3. The summed E-state index contributed by atoms with van der Waals surface area (Å²) in [4.78, 5) is 8.62. The van der Waals surface area contributed by atoms with Gasteiger partial charge in [0, 0.05) is 32.3 Å². The molecule has 0 spiro atoms. The van der Waals surface area contributed by atoms with E-state index >= 15 is 0 Å². The minimum atomic E-state index is 0.520. The van der Waals surface area contributed by atoms with E-state index in [1.807, 2.05) is 24.3 Å². The van der Waals surface area contributed by atoms with Gasteiger partial charge in [-0.15, -0.1) is 0 Å². The normalized spacial score (nSPS) is 11.5. The van der Waals surface area contributed by atoms with Gasteiger partial charge in [0.1, 0.15) is 10.9 Å². The summed E-state index contributed by atoms with van der Waals surface area (Å²) in [6, 6.07) is 7.68. The van der Waals surface area contributed by atoms with Crippen LogP contribution in [0, 0.1) is 0 Å². The van der Waals surface area contributed by atoms with Crippen LogP contribution >= 0.6 is 11.6 Å². The van der Waals surface area contributed by atoms with Crippen molar-refractivity contribution in [1.82, 2.24) is 15.6 Å². The number of halogens is 1. The van der Waals surface area contributed by atoms with E-state index in [-0.39, 0.29) is 0 Å². The molecular weight excluding hydrogens is 312 g/mol. The van der Waals surface area contributed by atoms with Gasteiger partial charge in [-0.2, -0.15) is 0 Å². The summed E-state index contributed by atoms with van der Waals surface area (Å²) < 4.78 is 5.33. The number of furan rings is 1. The first-order valence-corrected chi connectivity index (χ1v) is 8.30. The van der Waals surface area contributed by atoms with Crippen LogP contribution in [-0.2, 0) is 12.8 Å². The number of hydrogen-bond acceptors (Lipinski definition) is 3. The fraction of sp³-hybridized carbons (Fsp3) is 0.412. The van der Waals surface area contributed by atoms with Gasteiger partial charge >= 0.3 is 0 Å². The molecule has 23 heavy (non-hydrogen) atoms. The molecule has 124 valence electrons. The molecule has 2 rings (SSSR count). The quantitative estimate of drug-likeness (QED) is 0.442. The van der Waals surface area contributed by atoms with Crippen LogP contribution in [0.2, 0.25) is 5.15 Å². The van der Waals surface area contributed by atoms with Crippen molar-refractivity contribution in [2.24, 2.45) is 4.99 Å². The summed E-state index contributed by atoms with van der Waals surface area (Å²) >= 11 is 5.79. The van der Waals surface area contributed by atoms with Gasteiger partial charge in [-0.1, -0.05) is 24.6 Å². The Morgan fingerprint density at radius 3 is 2.70 bits per heavy atom. The predicted molar refractivity (Wildman–Crippen MR) is 94.0 cm³/mol. The van der Waals surface area contributed by atoms with Crippen molar-refractivity contribution < 1.29 is 4.42 Å². The highest BCUT2D eigenvalue weighted by atomic mass is 35.5. The Labute approximate surface area is 142 Å². The number of aromatic nitrogens is 1. The van der Waals surface area contributed by atoms with Gasteiger partial charge in [0.2, 0.25) is 0 Å². The van der Waals surface area contributed by atoms with E-state index in [1.54, 1.807) is 12.5 Å². The number of aliphatic imine (C=N–C) groups is 1. The summed E-state index contributed by atoms with van der Waals surface area (Å²) in [6.45, 7) is 4.49. The van der Waals surface area contributed by atoms with E-state index in [0.29, 0.717) is 5.15 Å². The molecule has 0 bridgehead atoms. The Balaban J connectivity index is 1.75.